The summed E-state index contributed by atoms with van der Waals surface area (Å²) < 4.78 is 2.31. The van der Waals surface area contributed by atoms with Crippen molar-refractivity contribution in [3.63, 3.8) is 0 Å². The summed E-state index contributed by atoms with van der Waals surface area (Å²) in [4.78, 5) is 20.0. The molecule has 2 unspecified atom stereocenters. The Bertz CT molecular complexity index is 1290. The molecule has 0 N–H and O–H groups in total. The molecular formula is C30H33N3O. The van der Waals surface area contributed by atoms with Gasteiger partial charge in [-0.1, -0.05) is 69.3 Å². The fourth-order valence-corrected chi connectivity index (χ4v) is 4.98. The third kappa shape index (κ3) is 4.25. The molecule has 0 aliphatic carbocycles. The maximum atomic E-state index is 13.0. The van der Waals surface area contributed by atoms with Crippen LogP contribution in [0.3, 0.4) is 0 Å². The highest BCUT2D eigenvalue weighted by Gasteiger charge is 2.34. The van der Waals surface area contributed by atoms with Gasteiger partial charge in [0.25, 0.3) is 0 Å². The van der Waals surface area contributed by atoms with Gasteiger partial charge in [0.15, 0.2) is 0 Å². The van der Waals surface area contributed by atoms with Crippen LogP contribution in [0.4, 0.5) is 5.69 Å². The molecule has 1 saturated heterocycles. The number of aryl methyl sites for hydroxylation is 1. The average molecular weight is 452 g/mol. The van der Waals surface area contributed by atoms with Crippen LogP contribution in [0.15, 0.2) is 72.8 Å². The van der Waals surface area contributed by atoms with E-state index in [4.69, 9.17) is 4.98 Å². The third-order valence-electron chi connectivity index (χ3n) is 7.33. The van der Waals surface area contributed by atoms with Crippen molar-refractivity contribution in [3.05, 3.63) is 95.3 Å². The SMILES string of the molecule is CCc1ccc(N2CC(c3nc4ccccc4n3Cc3ccc(C(C)CC)cc3)CC2=O)cc1. The molecule has 4 aromatic rings. The van der Waals surface area contributed by atoms with Crippen LogP contribution in [0, 0.1) is 0 Å². The van der Waals surface area contributed by atoms with Gasteiger partial charge in [-0.05, 0) is 59.7 Å². The predicted molar refractivity (Wildman–Crippen MR) is 140 cm³/mol. The van der Waals surface area contributed by atoms with Gasteiger partial charge in [0.2, 0.25) is 5.91 Å². The van der Waals surface area contributed by atoms with E-state index in [9.17, 15) is 4.79 Å². The quantitative estimate of drug-likeness (QED) is 0.314. The van der Waals surface area contributed by atoms with Crippen molar-refractivity contribution < 1.29 is 4.79 Å². The summed E-state index contributed by atoms with van der Waals surface area (Å²) in [6.45, 7) is 8.07. The summed E-state index contributed by atoms with van der Waals surface area (Å²) in [7, 11) is 0. The standard InChI is InChI=1S/C30H33N3O/c1-4-21(3)24-14-10-23(11-15-24)19-33-28-9-7-6-8-27(28)31-30(33)25-18-29(34)32(20-25)26-16-12-22(5-2)13-17-26/h6-17,21,25H,4-5,18-20H2,1-3H3. The topological polar surface area (TPSA) is 38.1 Å². The molecular weight excluding hydrogens is 418 g/mol. The van der Waals surface area contributed by atoms with Crippen LogP contribution in [-0.4, -0.2) is 22.0 Å². The molecule has 1 aromatic heterocycles. The molecule has 2 atom stereocenters. The molecule has 1 fully saturated rings. The van der Waals surface area contributed by atoms with E-state index >= 15 is 0 Å². The van der Waals surface area contributed by atoms with E-state index in [0.717, 1.165) is 41.9 Å². The van der Waals surface area contributed by atoms with Gasteiger partial charge < -0.3 is 9.47 Å². The number of imidazole rings is 1. The van der Waals surface area contributed by atoms with E-state index in [-0.39, 0.29) is 11.8 Å². The zero-order chi connectivity index (χ0) is 23.7. The van der Waals surface area contributed by atoms with Gasteiger partial charge >= 0.3 is 0 Å². The third-order valence-corrected chi connectivity index (χ3v) is 7.33. The summed E-state index contributed by atoms with van der Waals surface area (Å²) in [5.41, 5.74) is 7.02. The highest BCUT2D eigenvalue weighted by molar-refractivity contribution is 5.96. The molecule has 1 aliphatic rings. The van der Waals surface area contributed by atoms with Gasteiger partial charge in [0, 0.05) is 31.1 Å². The lowest BCUT2D eigenvalue weighted by Gasteiger charge is -2.18. The molecule has 3 aromatic carbocycles. The number of carbonyl (C=O) groups excluding carboxylic acids is 1. The highest BCUT2D eigenvalue weighted by Crippen LogP contribution is 2.34. The Morgan fingerprint density at radius 1 is 0.941 bits per heavy atom. The molecule has 5 rings (SSSR count). The minimum absolute atomic E-state index is 0.0742. The van der Waals surface area contributed by atoms with Crippen LogP contribution >= 0.6 is 0 Å². The maximum Gasteiger partial charge on any atom is 0.227 e. The Hall–Kier alpha value is -3.40. The van der Waals surface area contributed by atoms with E-state index in [0.29, 0.717) is 18.9 Å². The molecule has 0 bridgehead atoms. The van der Waals surface area contributed by atoms with Crippen LogP contribution in [0.2, 0.25) is 0 Å². The number of benzene rings is 3. The van der Waals surface area contributed by atoms with Crippen LogP contribution in [0.25, 0.3) is 11.0 Å². The van der Waals surface area contributed by atoms with Gasteiger partial charge in [-0.2, -0.15) is 0 Å². The summed E-state index contributed by atoms with van der Waals surface area (Å²) in [6.07, 6.45) is 2.63. The monoisotopic (exact) mass is 451 g/mol. The maximum absolute atomic E-state index is 13.0. The normalized spacial score (nSPS) is 17.0. The van der Waals surface area contributed by atoms with Crippen molar-refractivity contribution in [2.45, 2.75) is 58.4 Å². The lowest BCUT2D eigenvalue weighted by Crippen LogP contribution is -2.24. The fourth-order valence-electron chi connectivity index (χ4n) is 4.98. The predicted octanol–water partition coefficient (Wildman–Crippen LogP) is 6.68. The number of nitrogens with zero attached hydrogens (tertiary/aromatic N) is 3. The molecule has 0 radical (unpaired) electrons. The van der Waals surface area contributed by atoms with Crippen LogP contribution < -0.4 is 4.90 Å². The molecule has 1 aliphatic heterocycles. The van der Waals surface area contributed by atoms with Gasteiger partial charge in [-0.25, -0.2) is 4.98 Å². The Kier molecular flexibility index (Phi) is 6.23. The number of anilines is 1. The van der Waals surface area contributed by atoms with Gasteiger partial charge in [0.1, 0.15) is 5.82 Å². The summed E-state index contributed by atoms with van der Waals surface area (Å²) in [5, 5.41) is 0. The van der Waals surface area contributed by atoms with Gasteiger partial charge in [-0.15, -0.1) is 0 Å². The van der Waals surface area contributed by atoms with Crippen molar-refractivity contribution in [2.24, 2.45) is 0 Å². The summed E-state index contributed by atoms with van der Waals surface area (Å²) in [6, 6.07) is 25.7. The van der Waals surface area contributed by atoms with Crippen LogP contribution in [-0.2, 0) is 17.8 Å². The fraction of sp³-hybridized carbons (Fsp3) is 0.333. The Morgan fingerprint density at radius 3 is 2.35 bits per heavy atom. The molecule has 1 amide bonds. The number of para-hydroxylation sites is 2. The van der Waals surface area contributed by atoms with Crippen molar-refractivity contribution in [1.29, 1.82) is 0 Å². The zero-order valence-electron chi connectivity index (χ0n) is 20.4. The van der Waals surface area contributed by atoms with Crippen molar-refractivity contribution in [3.8, 4) is 0 Å². The molecule has 0 saturated carbocycles. The van der Waals surface area contributed by atoms with E-state index < -0.39 is 0 Å². The average Bonchev–Trinajstić information content (AvgIpc) is 3.44. The molecule has 4 nitrogen and oxygen atoms in total. The Balaban J connectivity index is 1.45. The molecule has 174 valence electrons. The minimum Gasteiger partial charge on any atom is -0.323 e. The van der Waals surface area contributed by atoms with Gasteiger partial charge in [-0.3, -0.25) is 4.79 Å². The zero-order valence-corrected chi connectivity index (χ0v) is 20.4. The lowest BCUT2D eigenvalue weighted by molar-refractivity contribution is -0.117. The van der Waals surface area contributed by atoms with E-state index in [1.807, 2.05) is 11.0 Å². The summed E-state index contributed by atoms with van der Waals surface area (Å²) >= 11 is 0. The number of hydrogen-bond acceptors (Lipinski definition) is 2. The molecule has 2 heterocycles. The van der Waals surface area contributed by atoms with E-state index in [2.05, 4.69) is 92.1 Å². The van der Waals surface area contributed by atoms with E-state index in [1.165, 1.54) is 16.7 Å². The van der Waals surface area contributed by atoms with E-state index in [1.54, 1.807) is 0 Å². The highest BCUT2D eigenvalue weighted by atomic mass is 16.2. The summed E-state index contributed by atoms with van der Waals surface area (Å²) in [5.74, 6) is 1.82. The second kappa shape index (κ2) is 9.46. The second-order valence-electron chi connectivity index (χ2n) is 9.52. The first kappa shape index (κ1) is 22.4. The number of rotatable bonds is 7. The Morgan fingerprint density at radius 2 is 1.65 bits per heavy atom. The Labute approximate surface area is 202 Å². The first-order chi connectivity index (χ1) is 16.6. The van der Waals surface area contributed by atoms with Crippen molar-refractivity contribution in [2.75, 3.05) is 11.4 Å². The molecule has 0 spiro atoms. The molecule has 4 heteroatoms. The minimum atomic E-state index is 0.0742. The lowest BCUT2D eigenvalue weighted by atomic mass is 9.97. The van der Waals surface area contributed by atoms with Gasteiger partial charge in [0.05, 0.1) is 11.0 Å². The van der Waals surface area contributed by atoms with Crippen LogP contribution in [0.1, 0.15) is 68.0 Å². The second-order valence-corrected chi connectivity index (χ2v) is 9.52. The number of hydrogen-bond donors (Lipinski definition) is 0. The first-order valence-corrected chi connectivity index (χ1v) is 12.5. The van der Waals surface area contributed by atoms with Crippen molar-refractivity contribution >= 4 is 22.6 Å². The van der Waals surface area contributed by atoms with Crippen molar-refractivity contribution in [1.82, 2.24) is 9.55 Å². The smallest absolute Gasteiger partial charge is 0.227 e. The number of carbonyl (C=O) groups is 1. The largest absolute Gasteiger partial charge is 0.323 e. The van der Waals surface area contributed by atoms with Crippen LogP contribution in [0.5, 0.6) is 0 Å². The number of fused-ring (bicyclic) bond motifs is 1. The number of amides is 1. The first-order valence-electron chi connectivity index (χ1n) is 12.5. The molecule has 34 heavy (non-hydrogen) atoms. The number of aromatic nitrogens is 2.